The Hall–Kier alpha value is -3.11. The topological polar surface area (TPSA) is 88.2 Å². The zero-order chi connectivity index (χ0) is 27.0. The Morgan fingerprint density at radius 3 is 2.72 bits per heavy atom. The Balaban J connectivity index is 1.07. The van der Waals surface area contributed by atoms with Crippen LogP contribution >= 0.6 is 0 Å². The van der Waals surface area contributed by atoms with Crippen LogP contribution in [-0.4, -0.2) is 59.1 Å². The van der Waals surface area contributed by atoms with Crippen molar-refractivity contribution in [3.63, 3.8) is 0 Å². The van der Waals surface area contributed by atoms with Crippen LogP contribution in [0.15, 0.2) is 48.9 Å². The number of halogens is 2. The monoisotopic (exact) mass is 554 g/mol. The molecule has 2 aliphatic rings. The number of likely N-dealkylation sites (tertiary alicyclic amines) is 1. The third-order valence-electron chi connectivity index (χ3n) is 8.28. The van der Waals surface area contributed by atoms with Crippen LogP contribution in [0.25, 0.3) is 21.9 Å². The van der Waals surface area contributed by atoms with E-state index in [-0.39, 0.29) is 35.3 Å². The zero-order valence-corrected chi connectivity index (χ0v) is 22.5. The number of hydrogen-bond acceptors (Lipinski definition) is 6. The van der Waals surface area contributed by atoms with E-state index in [9.17, 15) is 17.2 Å². The number of hydrogen-bond donors (Lipinski definition) is 1. The van der Waals surface area contributed by atoms with E-state index in [0.717, 1.165) is 60.2 Å². The molecule has 6 rings (SSSR count). The number of nitrogens with one attached hydrogen (secondary N) is 1. The van der Waals surface area contributed by atoms with Crippen molar-refractivity contribution in [2.75, 3.05) is 25.6 Å². The van der Waals surface area contributed by atoms with Gasteiger partial charge in [-0.05, 0) is 80.8 Å². The van der Waals surface area contributed by atoms with E-state index in [2.05, 4.69) is 21.0 Å². The van der Waals surface area contributed by atoms with Crippen LogP contribution in [-0.2, 0) is 9.84 Å². The summed E-state index contributed by atoms with van der Waals surface area (Å²) in [6.07, 6.45) is 10.2. The molecule has 0 spiro atoms. The first kappa shape index (κ1) is 26.1. The summed E-state index contributed by atoms with van der Waals surface area (Å²) >= 11 is 0. The third kappa shape index (κ3) is 5.49. The predicted octanol–water partition coefficient (Wildman–Crippen LogP) is 5.58. The van der Waals surface area contributed by atoms with E-state index in [1.54, 1.807) is 6.20 Å². The second kappa shape index (κ2) is 10.8. The maximum Gasteiger partial charge on any atom is 0.167 e. The number of rotatable bonds is 7. The molecule has 10 heteroatoms. The molecule has 0 bridgehead atoms. The van der Waals surface area contributed by atoms with Gasteiger partial charge in [0.05, 0.1) is 23.6 Å². The highest BCUT2D eigenvalue weighted by Crippen LogP contribution is 2.40. The van der Waals surface area contributed by atoms with Gasteiger partial charge in [0.2, 0.25) is 0 Å². The van der Waals surface area contributed by atoms with Crippen molar-refractivity contribution in [1.29, 1.82) is 0 Å². The number of sulfone groups is 1. The van der Waals surface area contributed by atoms with E-state index in [1.807, 2.05) is 23.4 Å². The van der Waals surface area contributed by atoms with Crippen molar-refractivity contribution in [3.05, 3.63) is 66.1 Å². The lowest BCUT2D eigenvalue weighted by Crippen LogP contribution is -2.43. The second-order valence-corrected chi connectivity index (χ2v) is 13.1. The highest BCUT2D eigenvalue weighted by atomic mass is 32.2. The molecule has 1 N–H and O–H groups in total. The van der Waals surface area contributed by atoms with E-state index in [1.165, 1.54) is 17.7 Å². The molecule has 39 heavy (non-hydrogen) atoms. The number of aromatic amines is 1. The predicted molar refractivity (Wildman–Crippen MR) is 146 cm³/mol. The molecule has 206 valence electrons. The van der Waals surface area contributed by atoms with Crippen LogP contribution in [0.4, 0.5) is 8.78 Å². The fraction of sp³-hybridized carbons (Fsp3) is 0.448. The molecule has 0 amide bonds. The lowest BCUT2D eigenvalue weighted by molar-refractivity contribution is 0.141. The summed E-state index contributed by atoms with van der Waals surface area (Å²) in [5.41, 5.74) is 2.93. The Bertz CT molecular complexity index is 1580. The number of fused-ring (bicyclic) bond motifs is 3. The summed E-state index contributed by atoms with van der Waals surface area (Å²) < 4.78 is 59.5. The number of ether oxygens (including phenoxy) is 1. The Labute approximate surface area is 226 Å². The highest BCUT2D eigenvalue weighted by molar-refractivity contribution is 7.91. The Kier molecular flexibility index (Phi) is 7.24. The van der Waals surface area contributed by atoms with Crippen molar-refractivity contribution in [2.45, 2.75) is 49.7 Å². The molecular weight excluding hydrogens is 522 g/mol. The first-order chi connectivity index (χ1) is 18.9. The number of benzene rings is 1. The molecule has 7 nitrogen and oxygen atoms in total. The third-order valence-corrected chi connectivity index (χ3v) is 10.5. The fourth-order valence-electron chi connectivity index (χ4n) is 6.32. The molecule has 4 aromatic rings. The molecule has 1 aromatic carbocycles. The number of nitrogens with zero attached hydrogens (tertiary/aromatic N) is 3. The number of piperidine rings is 1. The summed E-state index contributed by atoms with van der Waals surface area (Å²) in [6, 6.07) is 7.37. The molecule has 1 saturated heterocycles. The fourth-order valence-corrected chi connectivity index (χ4v) is 8.27. The van der Waals surface area contributed by atoms with Gasteiger partial charge in [-0.1, -0.05) is 0 Å². The molecule has 1 atom stereocenters. The van der Waals surface area contributed by atoms with E-state index in [0.29, 0.717) is 19.4 Å². The maximum absolute atomic E-state index is 13.9. The van der Waals surface area contributed by atoms with Gasteiger partial charge in [0.15, 0.2) is 27.1 Å². The van der Waals surface area contributed by atoms with Gasteiger partial charge in [0.1, 0.15) is 11.7 Å². The van der Waals surface area contributed by atoms with Crippen LogP contribution in [0.3, 0.4) is 0 Å². The zero-order valence-electron chi connectivity index (χ0n) is 21.7. The van der Waals surface area contributed by atoms with Gasteiger partial charge < -0.3 is 9.72 Å². The van der Waals surface area contributed by atoms with Crippen LogP contribution in [0.1, 0.15) is 50.0 Å². The molecule has 3 aromatic heterocycles. The summed E-state index contributed by atoms with van der Waals surface area (Å²) in [6.45, 7) is 1.58. The van der Waals surface area contributed by atoms with Gasteiger partial charge in [-0.25, -0.2) is 27.2 Å². The largest absolute Gasteiger partial charge is 0.490 e. The Morgan fingerprint density at radius 2 is 1.90 bits per heavy atom. The Morgan fingerprint density at radius 1 is 1.05 bits per heavy atom. The van der Waals surface area contributed by atoms with Crippen molar-refractivity contribution >= 4 is 31.8 Å². The summed E-state index contributed by atoms with van der Waals surface area (Å²) in [5.74, 6) is -0.929. The molecule has 1 unspecified atom stereocenters. The van der Waals surface area contributed by atoms with Crippen LogP contribution < -0.4 is 4.74 Å². The quantitative estimate of drug-likeness (QED) is 0.321. The smallest absolute Gasteiger partial charge is 0.167 e. The lowest BCUT2D eigenvalue weighted by atomic mass is 9.82. The van der Waals surface area contributed by atoms with E-state index >= 15 is 0 Å². The molecular formula is C29H32F2N4O3S. The molecule has 1 saturated carbocycles. The van der Waals surface area contributed by atoms with Crippen LogP contribution in [0, 0.1) is 17.6 Å². The molecule has 1 aliphatic heterocycles. The van der Waals surface area contributed by atoms with Crippen LogP contribution in [0.5, 0.6) is 5.75 Å². The first-order valence-electron chi connectivity index (χ1n) is 13.6. The van der Waals surface area contributed by atoms with Gasteiger partial charge in [0, 0.05) is 41.7 Å². The van der Waals surface area contributed by atoms with E-state index < -0.39 is 21.5 Å². The van der Waals surface area contributed by atoms with Crippen molar-refractivity contribution < 1.29 is 21.9 Å². The molecule has 4 heterocycles. The van der Waals surface area contributed by atoms with Gasteiger partial charge in [-0.3, -0.25) is 4.90 Å². The summed E-state index contributed by atoms with van der Waals surface area (Å²) in [4.78, 5) is 14.1. The minimum Gasteiger partial charge on any atom is -0.490 e. The molecule has 1 aliphatic carbocycles. The number of aromatic nitrogens is 3. The highest BCUT2D eigenvalue weighted by Gasteiger charge is 2.34. The standard InChI is InChI=1S/C29H32F2N4O3S/c30-21-5-8-27(25(31)14-21)38-17-19-2-1-13-35(16-19)18-39(36,37)22-6-3-20(4-7-22)23-9-11-32-26-15-34-29-24(28(23)26)10-12-33-29/h5,8-12,14-15,19-20,22,32H,1-4,6-7,13,16-18H2. The average molecular weight is 555 g/mol. The van der Waals surface area contributed by atoms with Gasteiger partial charge >= 0.3 is 0 Å². The average Bonchev–Trinajstić information content (AvgIpc) is 3.42. The number of H-pyrrole nitrogens is 1. The van der Waals surface area contributed by atoms with Gasteiger partial charge in [0.25, 0.3) is 0 Å². The lowest BCUT2D eigenvalue weighted by Gasteiger charge is -2.35. The molecule has 0 radical (unpaired) electrons. The number of pyridine rings is 2. The van der Waals surface area contributed by atoms with E-state index in [4.69, 9.17) is 4.74 Å². The SMILES string of the molecule is O=S(=O)(CN1CCCC(COc2ccc(F)cc2F)C1)C1CCC(c2cc[nH]c3cnc4nccc4c23)CC1. The first-order valence-corrected chi connectivity index (χ1v) is 15.3. The van der Waals surface area contributed by atoms with Crippen molar-refractivity contribution in [1.82, 2.24) is 19.9 Å². The van der Waals surface area contributed by atoms with Crippen LogP contribution in [0.2, 0.25) is 0 Å². The maximum atomic E-state index is 13.9. The minimum absolute atomic E-state index is 0.0219. The normalized spacial score (nSPS) is 22.9. The van der Waals surface area contributed by atoms with Gasteiger partial charge in [-0.15, -0.1) is 0 Å². The minimum atomic E-state index is -3.30. The second-order valence-electron chi connectivity index (χ2n) is 10.9. The summed E-state index contributed by atoms with van der Waals surface area (Å²) in [7, 11) is -3.30. The van der Waals surface area contributed by atoms with Crippen molar-refractivity contribution in [3.8, 4) is 5.75 Å². The molecule has 2 fully saturated rings. The van der Waals surface area contributed by atoms with Crippen molar-refractivity contribution in [2.24, 2.45) is 5.92 Å². The van der Waals surface area contributed by atoms with Gasteiger partial charge in [-0.2, -0.15) is 0 Å². The summed E-state index contributed by atoms with van der Waals surface area (Å²) in [5, 5.41) is 1.82.